The van der Waals surface area contributed by atoms with Crippen LogP contribution < -0.4 is 10.9 Å². The summed E-state index contributed by atoms with van der Waals surface area (Å²) >= 11 is 0. The molecule has 2 aromatic rings. The second-order valence-electron chi connectivity index (χ2n) is 5.11. The van der Waals surface area contributed by atoms with E-state index in [4.69, 9.17) is 0 Å². The highest BCUT2D eigenvalue weighted by atomic mass is 19.1. The lowest BCUT2D eigenvalue weighted by Crippen LogP contribution is -2.19. The Morgan fingerprint density at radius 1 is 1.24 bits per heavy atom. The van der Waals surface area contributed by atoms with Crippen molar-refractivity contribution in [3.05, 3.63) is 64.3 Å². The zero-order chi connectivity index (χ0) is 15.2. The minimum Gasteiger partial charge on any atom is -0.377 e. The quantitative estimate of drug-likeness (QED) is 0.873. The van der Waals surface area contributed by atoms with Gasteiger partial charge < -0.3 is 9.88 Å². The maximum absolute atomic E-state index is 13.3. The molecular formula is C17H21FN2O. The first-order valence-electron chi connectivity index (χ1n) is 7.36. The van der Waals surface area contributed by atoms with Crippen LogP contribution in [0.5, 0.6) is 0 Å². The van der Waals surface area contributed by atoms with E-state index in [0.717, 1.165) is 24.1 Å². The van der Waals surface area contributed by atoms with E-state index in [9.17, 15) is 9.18 Å². The highest BCUT2D eigenvalue weighted by Gasteiger charge is 2.10. The van der Waals surface area contributed by atoms with Crippen molar-refractivity contribution in [3.63, 3.8) is 0 Å². The van der Waals surface area contributed by atoms with Gasteiger partial charge in [0.05, 0.1) is 11.7 Å². The minimum absolute atomic E-state index is 0.00111. The average molecular weight is 288 g/mol. The molecule has 0 aliphatic carbocycles. The molecular weight excluding hydrogens is 267 g/mol. The number of nitrogens with zero attached hydrogens (tertiary/aromatic N) is 1. The van der Waals surface area contributed by atoms with Crippen LogP contribution in [-0.4, -0.2) is 4.57 Å². The van der Waals surface area contributed by atoms with Crippen LogP contribution in [0.2, 0.25) is 0 Å². The zero-order valence-electron chi connectivity index (χ0n) is 12.5. The SMILES string of the molecule is CCCn1cc(NC(CC)c2cccc(F)c2)ccc1=O. The number of pyridine rings is 1. The molecule has 21 heavy (non-hydrogen) atoms. The molecule has 0 saturated heterocycles. The van der Waals surface area contributed by atoms with Crippen LogP contribution in [0, 0.1) is 5.82 Å². The number of benzene rings is 1. The van der Waals surface area contributed by atoms with E-state index in [2.05, 4.69) is 5.32 Å². The highest BCUT2D eigenvalue weighted by Crippen LogP contribution is 2.22. The van der Waals surface area contributed by atoms with Crippen LogP contribution in [0.1, 0.15) is 38.3 Å². The summed E-state index contributed by atoms with van der Waals surface area (Å²) in [6, 6.07) is 9.97. The fourth-order valence-corrected chi connectivity index (χ4v) is 2.38. The molecule has 0 radical (unpaired) electrons. The fraction of sp³-hybridized carbons (Fsp3) is 0.353. The van der Waals surface area contributed by atoms with Crippen molar-refractivity contribution >= 4 is 5.69 Å². The summed E-state index contributed by atoms with van der Waals surface area (Å²) in [7, 11) is 0. The molecule has 1 heterocycles. The zero-order valence-corrected chi connectivity index (χ0v) is 12.5. The lowest BCUT2D eigenvalue weighted by atomic mass is 10.0. The molecule has 1 aromatic heterocycles. The number of nitrogens with one attached hydrogen (secondary N) is 1. The van der Waals surface area contributed by atoms with Crippen molar-refractivity contribution in [2.75, 3.05) is 5.32 Å². The standard InChI is InChI=1S/C17H21FN2O/c1-3-10-20-12-15(8-9-17(20)21)19-16(4-2)13-6-5-7-14(18)11-13/h5-9,11-12,16,19H,3-4,10H2,1-2H3. The van der Waals surface area contributed by atoms with Gasteiger partial charge in [0.15, 0.2) is 0 Å². The van der Waals surface area contributed by atoms with E-state index in [1.807, 2.05) is 26.1 Å². The third-order valence-electron chi connectivity index (χ3n) is 3.45. The van der Waals surface area contributed by atoms with Gasteiger partial charge in [-0.1, -0.05) is 26.0 Å². The van der Waals surface area contributed by atoms with Crippen LogP contribution in [0.3, 0.4) is 0 Å². The average Bonchev–Trinajstić information content (AvgIpc) is 2.48. The normalized spacial score (nSPS) is 12.1. The van der Waals surface area contributed by atoms with Gasteiger partial charge in [0.25, 0.3) is 5.56 Å². The molecule has 0 fully saturated rings. The van der Waals surface area contributed by atoms with Crippen LogP contribution in [0.25, 0.3) is 0 Å². The number of hydrogen-bond donors (Lipinski definition) is 1. The molecule has 2 rings (SSSR count). The molecule has 112 valence electrons. The van der Waals surface area contributed by atoms with Gasteiger partial charge in [-0.25, -0.2) is 4.39 Å². The molecule has 0 aliphatic heterocycles. The van der Waals surface area contributed by atoms with Gasteiger partial charge in [-0.2, -0.15) is 0 Å². The molecule has 0 saturated carbocycles. The predicted molar refractivity (Wildman–Crippen MR) is 84.0 cm³/mol. The second-order valence-corrected chi connectivity index (χ2v) is 5.11. The molecule has 4 heteroatoms. The van der Waals surface area contributed by atoms with Gasteiger partial charge in [0.1, 0.15) is 5.82 Å². The number of anilines is 1. The minimum atomic E-state index is -0.233. The Balaban J connectivity index is 2.22. The number of rotatable bonds is 6. The van der Waals surface area contributed by atoms with Gasteiger partial charge >= 0.3 is 0 Å². The van der Waals surface area contributed by atoms with E-state index in [1.54, 1.807) is 28.8 Å². The Morgan fingerprint density at radius 3 is 2.71 bits per heavy atom. The van der Waals surface area contributed by atoms with Gasteiger partial charge in [0, 0.05) is 18.8 Å². The van der Waals surface area contributed by atoms with Crippen molar-refractivity contribution in [1.29, 1.82) is 0 Å². The maximum atomic E-state index is 13.3. The molecule has 1 unspecified atom stereocenters. The smallest absolute Gasteiger partial charge is 0.250 e. The molecule has 0 spiro atoms. The summed E-state index contributed by atoms with van der Waals surface area (Å²) < 4.78 is 15.0. The number of halogens is 1. The van der Waals surface area contributed by atoms with Gasteiger partial charge in [-0.05, 0) is 36.6 Å². The maximum Gasteiger partial charge on any atom is 0.250 e. The van der Waals surface area contributed by atoms with E-state index in [1.165, 1.54) is 6.07 Å². The van der Waals surface area contributed by atoms with Crippen molar-refractivity contribution in [2.24, 2.45) is 0 Å². The van der Waals surface area contributed by atoms with E-state index >= 15 is 0 Å². The highest BCUT2D eigenvalue weighted by molar-refractivity contribution is 5.43. The first-order valence-corrected chi connectivity index (χ1v) is 7.36. The van der Waals surface area contributed by atoms with Gasteiger partial charge in [0.2, 0.25) is 0 Å². The number of aryl methyl sites for hydroxylation is 1. The summed E-state index contributed by atoms with van der Waals surface area (Å²) in [6.07, 6.45) is 3.56. The third kappa shape index (κ3) is 3.94. The largest absolute Gasteiger partial charge is 0.377 e. The summed E-state index contributed by atoms with van der Waals surface area (Å²) in [5.41, 5.74) is 1.78. The number of aromatic nitrogens is 1. The second kappa shape index (κ2) is 7.07. The van der Waals surface area contributed by atoms with Gasteiger partial charge in [-0.3, -0.25) is 4.79 Å². The Morgan fingerprint density at radius 2 is 2.05 bits per heavy atom. The van der Waals surface area contributed by atoms with Crippen molar-refractivity contribution in [1.82, 2.24) is 4.57 Å². The van der Waals surface area contributed by atoms with E-state index < -0.39 is 0 Å². The molecule has 1 N–H and O–H groups in total. The van der Waals surface area contributed by atoms with E-state index in [0.29, 0.717) is 6.54 Å². The first-order chi connectivity index (χ1) is 10.1. The van der Waals surface area contributed by atoms with Crippen LogP contribution >= 0.6 is 0 Å². The van der Waals surface area contributed by atoms with E-state index in [-0.39, 0.29) is 17.4 Å². The Hall–Kier alpha value is -2.10. The third-order valence-corrected chi connectivity index (χ3v) is 3.45. The number of hydrogen-bond acceptors (Lipinski definition) is 2. The molecule has 0 aliphatic rings. The van der Waals surface area contributed by atoms with Crippen LogP contribution in [0.4, 0.5) is 10.1 Å². The lowest BCUT2D eigenvalue weighted by Gasteiger charge is -2.19. The predicted octanol–water partition coefficient (Wildman–Crippen LogP) is 3.96. The Bertz CT molecular complexity index is 651. The van der Waals surface area contributed by atoms with Crippen molar-refractivity contribution < 1.29 is 4.39 Å². The molecule has 0 bridgehead atoms. The summed E-state index contributed by atoms with van der Waals surface area (Å²) in [5, 5.41) is 3.37. The first kappa shape index (κ1) is 15.3. The Kier molecular flexibility index (Phi) is 5.14. The molecule has 1 atom stereocenters. The lowest BCUT2D eigenvalue weighted by molar-refractivity contribution is 0.620. The monoisotopic (exact) mass is 288 g/mol. The van der Waals surface area contributed by atoms with Crippen LogP contribution in [-0.2, 0) is 6.54 Å². The Labute approximate surface area is 124 Å². The summed E-state index contributed by atoms with van der Waals surface area (Å²) in [5.74, 6) is -0.233. The summed E-state index contributed by atoms with van der Waals surface area (Å²) in [4.78, 5) is 11.7. The summed E-state index contributed by atoms with van der Waals surface area (Å²) in [6.45, 7) is 4.78. The molecule has 1 aromatic carbocycles. The fourth-order valence-electron chi connectivity index (χ4n) is 2.38. The molecule has 0 amide bonds. The topological polar surface area (TPSA) is 34.0 Å². The van der Waals surface area contributed by atoms with Crippen molar-refractivity contribution in [2.45, 2.75) is 39.3 Å². The van der Waals surface area contributed by atoms with Crippen molar-refractivity contribution in [3.8, 4) is 0 Å². The van der Waals surface area contributed by atoms with Crippen LogP contribution in [0.15, 0.2) is 47.4 Å². The molecule has 3 nitrogen and oxygen atoms in total. The van der Waals surface area contributed by atoms with Gasteiger partial charge in [-0.15, -0.1) is 0 Å².